The lowest BCUT2D eigenvalue weighted by Gasteiger charge is -2.39. The summed E-state index contributed by atoms with van der Waals surface area (Å²) in [7, 11) is 1.24. The van der Waals surface area contributed by atoms with Gasteiger partial charge >= 0.3 is 23.9 Å². The van der Waals surface area contributed by atoms with Crippen LogP contribution in [0.25, 0.3) is 0 Å². The first kappa shape index (κ1) is 22.5. The summed E-state index contributed by atoms with van der Waals surface area (Å²) in [6.45, 7) is 3.61. The van der Waals surface area contributed by atoms with Crippen molar-refractivity contribution in [1.82, 2.24) is 4.98 Å². The maximum Gasteiger partial charge on any atom is 0.339 e. The van der Waals surface area contributed by atoms with Crippen LogP contribution in [-0.4, -0.2) is 65.5 Å². The van der Waals surface area contributed by atoms with E-state index in [9.17, 15) is 19.2 Å². The van der Waals surface area contributed by atoms with Crippen molar-refractivity contribution < 1.29 is 42.9 Å². The van der Waals surface area contributed by atoms with Crippen LogP contribution in [0.2, 0.25) is 0 Å². The zero-order valence-electron chi connectivity index (χ0n) is 16.3. The number of hydrogen-bond donors (Lipinski definition) is 0. The molecular formula is C18H21NO9S. The first-order chi connectivity index (χ1) is 13.7. The predicted octanol–water partition coefficient (Wildman–Crippen LogP) is 1.11. The van der Waals surface area contributed by atoms with E-state index in [4.69, 9.17) is 18.9 Å². The molecule has 10 nitrogen and oxygen atoms in total. The molecule has 1 aromatic heterocycles. The highest BCUT2D eigenvalue weighted by Crippen LogP contribution is 2.34. The van der Waals surface area contributed by atoms with E-state index in [1.54, 1.807) is 0 Å². The molecular weight excluding hydrogens is 406 g/mol. The zero-order valence-corrected chi connectivity index (χ0v) is 17.1. The number of carbonyl (C=O) groups excluding carboxylic acids is 4. The summed E-state index contributed by atoms with van der Waals surface area (Å²) in [5.41, 5.74) is -0.645. The van der Waals surface area contributed by atoms with E-state index in [2.05, 4.69) is 9.72 Å². The molecule has 1 fully saturated rings. The number of thioether (sulfide) groups is 1. The molecule has 29 heavy (non-hydrogen) atoms. The van der Waals surface area contributed by atoms with Gasteiger partial charge in [0, 0.05) is 32.7 Å². The fraction of sp³-hybridized carbons (Fsp3) is 0.500. The highest BCUT2D eigenvalue weighted by atomic mass is 32.2. The van der Waals surface area contributed by atoms with E-state index in [0.29, 0.717) is 0 Å². The van der Waals surface area contributed by atoms with Gasteiger partial charge in [-0.05, 0) is 6.07 Å². The van der Waals surface area contributed by atoms with Crippen molar-refractivity contribution >= 4 is 35.6 Å². The fourth-order valence-electron chi connectivity index (χ4n) is 2.66. The lowest BCUT2D eigenvalue weighted by atomic mass is 10.1. The van der Waals surface area contributed by atoms with Crippen molar-refractivity contribution in [2.24, 2.45) is 0 Å². The smallest absolute Gasteiger partial charge is 0.339 e. The molecule has 1 aliphatic heterocycles. The molecule has 158 valence electrons. The third-order valence-electron chi connectivity index (χ3n) is 3.69. The molecule has 1 aliphatic rings. The second kappa shape index (κ2) is 10.1. The van der Waals surface area contributed by atoms with Crippen LogP contribution in [0.1, 0.15) is 31.1 Å². The molecule has 0 unspecified atom stereocenters. The van der Waals surface area contributed by atoms with Crippen molar-refractivity contribution in [1.29, 1.82) is 0 Å². The molecule has 2 rings (SSSR count). The average Bonchev–Trinajstić information content (AvgIpc) is 2.64. The molecule has 0 amide bonds. The van der Waals surface area contributed by atoms with Gasteiger partial charge in [-0.25, -0.2) is 4.79 Å². The van der Waals surface area contributed by atoms with Crippen LogP contribution < -0.4 is 4.74 Å². The van der Waals surface area contributed by atoms with Gasteiger partial charge in [0.1, 0.15) is 5.75 Å². The molecule has 0 aromatic carbocycles. The van der Waals surface area contributed by atoms with E-state index in [1.165, 1.54) is 58.1 Å². The maximum atomic E-state index is 11.7. The van der Waals surface area contributed by atoms with Crippen LogP contribution >= 0.6 is 11.8 Å². The molecule has 0 spiro atoms. The Morgan fingerprint density at radius 2 is 1.59 bits per heavy atom. The van der Waals surface area contributed by atoms with Crippen LogP contribution in [0.15, 0.2) is 18.5 Å². The first-order valence-electron chi connectivity index (χ1n) is 8.54. The van der Waals surface area contributed by atoms with Gasteiger partial charge in [0.05, 0.1) is 18.9 Å². The molecule has 0 radical (unpaired) electrons. The molecule has 1 saturated heterocycles. The Morgan fingerprint density at radius 1 is 0.966 bits per heavy atom. The number of ether oxygens (including phenoxy) is 5. The predicted molar refractivity (Wildman–Crippen MR) is 99.1 cm³/mol. The van der Waals surface area contributed by atoms with Gasteiger partial charge in [-0.15, -0.1) is 11.8 Å². The Morgan fingerprint density at radius 3 is 2.17 bits per heavy atom. The van der Waals surface area contributed by atoms with Crippen LogP contribution in [0.5, 0.6) is 5.75 Å². The van der Waals surface area contributed by atoms with Gasteiger partial charge in [-0.1, -0.05) is 0 Å². The topological polar surface area (TPSA) is 127 Å². The number of aromatic nitrogens is 1. The summed E-state index contributed by atoms with van der Waals surface area (Å²) in [4.78, 5) is 50.3. The summed E-state index contributed by atoms with van der Waals surface area (Å²) in [5, 5.41) is 0. The van der Waals surface area contributed by atoms with Gasteiger partial charge in [0.15, 0.2) is 23.7 Å². The highest BCUT2D eigenvalue weighted by molar-refractivity contribution is 7.99. The van der Waals surface area contributed by atoms with Crippen molar-refractivity contribution in [3.8, 4) is 5.75 Å². The first-order valence-corrected chi connectivity index (χ1v) is 9.59. The van der Waals surface area contributed by atoms with Crippen LogP contribution in [0, 0.1) is 0 Å². The van der Waals surface area contributed by atoms with Gasteiger partial charge in [-0.3, -0.25) is 19.4 Å². The molecule has 4 atom stereocenters. The summed E-state index contributed by atoms with van der Waals surface area (Å²) >= 11 is 1.20. The second-order valence-corrected chi connectivity index (χ2v) is 7.15. The van der Waals surface area contributed by atoms with Crippen molar-refractivity contribution in [2.75, 3.05) is 12.9 Å². The molecule has 2 heterocycles. The standard InChI is InChI=1S/C18H21NO9S/c1-9(20)25-14-8-29-18(16(27-11(3)22)15(14)26-10(2)21)28-13-5-12(6-19-7-13)17(23)24-4/h5-7,14-16,18H,8H2,1-4H3/t14-,15+,16-,18-/m1/s1. The Labute approximate surface area is 171 Å². The van der Waals surface area contributed by atoms with Crippen LogP contribution in [0.4, 0.5) is 0 Å². The highest BCUT2D eigenvalue weighted by Gasteiger charge is 2.47. The number of hydrogen-bond acceptors (Lipinski definition) is 11. The van der Waals surface area contributed by atoms with Crippen LogP contribution in [0.3, 0.4) is 0 Å². The molecule has 1 aromatic rings. The summed E-state index contributed by atoms with van der Waals surface area (Å²) < 4.78 is 26.4. The second-order valence-electron chi connectivity index (χ2n) is 6.02. The number of rotatable bonds is 6. The molecule has 0 aliphatic carbocycles. The number of pyridine rings is 1. The van der Waals surface area contributed by atoms with Gasteiger partial charge in [0.25, 0.3) is 0 Å². The Bertz CT molecular complexity index is 784. The zero-order chi connectivity index (χ0) is 21.6. The largest absolute Gasteiger partial charge is 0.474 e. The summed E-state index contributed by atoms with van der Waals surface area (Å²) in [6.07, 6.45) is -0.277. The molecule has 0 N–H and O–H groups in total. The van der Waals surface area contributed by atoms with Crippen molar-refractivity contribution in [3.63, 3.8) is 0 Å². The van der Waals surface area contributed by atoms with E-state index < -0.39 is 47.6 Å². The van der Waals surface area contributed by atoms with E-state index in [0.717, 1.165) is 0 Å². The normalized spacial score (nSPS) is 23.4. The Balaban J connectivity index is 2.29. The van der Waals surface area contributed by atoms with E-state index in [1.807, 2.05) is 0 Å². The lowest BCUT2D eigenvalue weighted by molar-refractivity contribution is -0.186. The van der Waals surface area contributed by atoms with Crippen molar-refractivity contribution in [3.05, 3.63) is 24.0 Å². The van der Waals surface area contributed by atoms with Gasteiger partial charge in [0.2, 0.25) is 0 Å². The van der Waals surface area contributed by atoms with Crippen molar-refractivity contribution in [2.45, 2.75) is 44.5 Å². The number of esters is 4. The van der Waals surface area contributed by atoms with Crippen LogP contribution in [-0.2, 0) is 33.3 Å². The monoisotopic (exact) mass is 427 g/mol. The average molecular weight is 427 g/mol. The third kappa shape index (κ3) is 6.34. The summed E-state index contributed by atoms with van der Waals surface area (Å²) in [6, 6.07) is 1.42. The minimum atomic E-state index is -1.07. The Hall–Kier alpha value is -2.82. The maximum absolute atomic E-state index is 11.7. The molecule has 0 bridgehead atoms. The summed E-state index contributed by atoms with van der Waals surface area (Å²) in [5.74, 6) is -1.98. The molecule has 11 heteroatoms. The quantitative estimate of drug-likeness (QED) is 0.478. The molecule has 0 saturated carbocycles. The van der Waals surface area contributed by atoms with Gasteiger partial charge < -0.3 is 23.7 Å². The fourth-order valence-corrected chi connectivity index (χ4v) is 3.87. The van der Waals surface area contributed by atoms with E-state index in [-0.39, 0.29) is 17.1 Å². The lowest BCUT2D eigenvalue weighted by Crippen LogP contribution is -2.55. The number of carbonyl (C=O) groups is 4. The SMILES string of the molecule is COC(=O)c1cncc(O[C@@H]2SC[C@@H](OC(C)=O)[C@H](OC(C)=O)[C@H]2OC(C)=O)c1. The number of methoxy groups -OCH3 is 1. The Kier molecular flexibility index (Phi) is 7.82. The third-order valence-corrected chi connectivity index (χ3v) is 4.91. The minimum absolute atomic E-state index is 0.171. The van der Waals surface area contributed by atoms with E-state index >= 15 is 0 Å². The number of nitrogens with zero attached hydrogens (tertiary/aromatic N) is 1. The minimum Gasteiger partial charge on any atom is -0.474 e. The van der Waals surface area contributed by atoms with Gasteiger partial charge in [-0.2, -0.15) is 0 Å².